The maximum atomic E-state index is 13.1. The van der Waals surface area contributed by atoms with Gasteiger partial charge in [-0.05, 0) is 38.0 Å². The van der Waals surface area contributed by atoms with Crippen LogP contribution in [0.3, 0.4) is 0 Å². The first-order valence-electron chi connectivity index (χ1n) is 13.1. The number of aliphatic hydroxyl groups excluding tert-OH is 2. The molecular formula is C28H37NO8. The van der Waals surface area contributed by atoms with E-state index in [9.17, 15) is 19.8 Å². The normalized spacial score (nSPS) is 45.3. The summed E-state index contributed by atoms with van der Waals surface area (Å²) in [6.07, 6.45) is 3.53. The van der Waals surface area contributed by atoms with Crippen LogP contribution >= 0.6 is 0 Å². The van der Waals surface area contributed by atoms with Crippen molar-refractivity contribution in [1.82, 2.24) is 4.98 Å². The van der Waals surface area contributed by atoms with E-state index >= 15 is 0 Å². The third-order valence-corrected chi connectivity index (χ3v) is 8.94. The van der Waals surface area contributed by atoms with Crippen LogP contribution in [0.4, 0.5) is 0 Å². The number of aliphatic hydroxyl groups is 2. The number of cyclic esters (lactones) is 1. The lowest BCUT2D eigenvalue weighted by Gasteiger charge is -2.48. The van der Waals surface area contributed by atoms with Crippen LogP contribution in [0.1, 0.15) is 44.6 Å². The van der Waals surface area contributed by atoms with Crippen LogP contribution in [0.25, 0.3) is 0 Å². The van der Waals surface area contributed by atoms with Crippen molar-refractivity contribution in [2.75, 3.05) is 7.11 Å². The second-order valence-corrected chi connectivity index (χ2v) is 11.1. The molecule has 1 aromatic heterocycles. The van der Waals surface area contributed by atoms with Gasteiger partial charge >= 0.3 is 11.9 Å². The smallest absolute Gasteiger partial charge is 0.355 e. The van der Waals surface area contributed by atoms with E-state index < -0.39 is 54.2 Å². The highest BCUT2D eigenvalue weighted by molar-refractivity contribution is 5.87. The molecule has 1 saturated carbocycles. The molecule has 0 amide bonds. The van der Waals surface area contributed by atoms with E-state index in [-0.39, 0.29) is 36.0 Å². The average molecular weight is 516 g/mol. The highest BCUT2D eigenvalue weighted by Crippen LogP contribution is 2.61. The Hall–Kier alpha value is -2.46. The third kappa shape index (κ3) is 4.07. The zero-order valence-electron chi connectivity index (χ0n) is 21.9. The standard InChI is InChI=1S/C28H37NO8/c1-13-11-14(2)28-17(12-20(34-5)27(33)35-23(13)16(4)30)8-9-18-21(28)22(31)15(3)24(25(18)37-28)36-26(32)19-7-6-10-29-19/h6-11,13,15-18,20-25,29-31H,12H2,1-5H3/b14-11+. The molecule has 202 valence electrons. The molecule has 1 aromatic rings. The lowest BCUT2D eigenvalue weighted by Crippen LogP contribution is -2.57. The Morgan fingerprint density at radius 1 is 1.30 bits per heavy atom. The maximum absolute atomic E-state index is 13.1. The van der Waals surface area contributed by atoms with Crippen molar-refractivity contribution in [3.05, 3.63) is 47.8 Å². The summed E-state index contributed by atoms with van der Waals surface area (Å²) in [4.78, 5) is 28.8. The molecule has 5 rings (SSSR count). The van der Waals surface area contributed by atoms with Gasteiger partial charge in [0, 0.05) is 42.9 Å². The summed E-state index contributed by atoms with van der Waals surface area (Å²) in [7, 11) is 1.46. The first-order valence-corrected chi connectivity index (χ1v) is 13.1. The maximum Gasteiger partial charge on any atom is 0.355 e. The van der Waals surface area contributed by atoms with Gasteiger partial charge in [-0.1, -0.05) is 32.1 Å². The molecule has 1 saturated heterocycles. The molecule has 3 heterocycles. The number of hydrogen-bond acceptors (Lipinski definition) is 8. The number of carbonyl (C=O) groups excluding carboxylic acids is 2. The Labute approximate surface area is 216 Å². The van der Waals surface area contributed by atoms with E-state index in [1.807, 2.05) is 39.0 Å². The van der Waals surface area contributed by atoms with Crippen molar-refractivity contribution in [2.45, 2.75) is 76.3 Å². The highest BCUT2D eigenvalue weighted by Gasteiger charge is 2.69. The van der Waals surface area contributed by atoms with E-state index in [1.54, 1.807) is 25.3 Å². The number of rotatable bonds is 4. The zero-order chi connectivity index (χ0) is 26.6. The number of nitrogens with one attached hydrogen (secondary N) is 1. The van der Waals surface area contributed by atoms with Crippen molar-refractivity contribution in [1.29, 1.82) is 0 Å². The number of ether oxygens (including phenoxy) is 4. The summed E-state index contributed by atoms with van der Waals surface area (Å²) in [5.74, 6) is -2.49. The van der Waals surface area contributed by atoms with Gasteiger partial charge in [0.1, 0.15) is 29.6 Å². The van der Waals surface area contributed by atoms with Crippen LogP contribution < -0.4 is 0 Å². The summed E-state index contributed by atoms with van der Waals surface area (Å²) in [6, 6.07) is 3.37. The van der Waals surface area contributed by atoms with E-state index in [4.69, 9.17) is 18.9 Å². The minimum absolute atomic E-state index is 0.175. The number of carbonyl (C=O) groups is 2. The third-order valence-electron chi connectivity index (χ3n) is 8.94. The number of H-pyrrole nitrogens is 1. The molecule has 0 radical (unpaired) electrons. The predicted molar refractivity (Wildman–Crippen MR) is 132 cm³/mol. The minimum atomic E-state index is -0.933. The molecule has 9 heteroatoms. The molecule has 2 aliphatic carbocycles. The van der Waals surface area contributed by atoms with Gasteiger partial charge in [0.05, 0.1) is 12.2 Å². The van der Waals surface area contributed by atoms with Gasteiger partial charge in [0.15, 0.2) is 6.10 Å². The van der Waals surface area contributed by atoms with E-state index in [1.165, 1.54) is 7.11 Å². The Bertz CT molecular complexity index is 1080. The number of aromatic nitrogens is 1. The van der Waals surface area contributed by atoms with Gasteiger partial charge in [0.2, 0.25) is 0 Å². The van der Waals surface area contributed by atoms with Gasteiger partial charge in [0.25, 0.3) is 0 Å². The summed E-state index contributed by atoms with van der Waals surface area (Å²) in [5.41, 5.74) is 0.301. The van der Waals surface area contributed by atoms with Crippen LogP contribution in [-0.2, 0) is 23.7 Å². The molecule has 2 fully saturated rings. The SMILES string of the molecule is COC1CC2C=CC3C4OC2(/C(C)=C/C(C)C(C(C)O)OC1=O)C3C(O)C(C)C4OC(=O)c1ccc[nH]1. The van der Waals surface area contributed by atoms with E-state index in [2.05, 4.69) is 4.98 Å². The Kier molecular flexibility index (Phi) is 6.85. The summed E-state index contributed by atoms with van der Waals surface area (Å²) < 4.78 is 24.2. The van der Waals surface area contributed by atoms with Crippen LogP contribution in [0, 0.1) is 29.6 Å². The van der Waals surface area contributed by atoms with Crippen molar-refractivity contribution in [3.8, 4) is 0 Å². The highest BCUT2D eigenvalue weighted by atomic mass is 16.6. The van der Waals surface area contributed by atoms with Gasteiger partial charge in [-0.3, -0.25) is 0 Å². The van der Waals surface area contributed by atoms with Gasteiger partial charge in [-0.25, -0.2) is 9.59 Å². The Morgan fingerprint density at radius 3 is 2.70 bits per heavy atom. The molecule has 4 bridgehead atoms. The van der Waals surface area contributed by atoms with Gasteiger partial charge in [-0.2, -0.15) is 0 Å². The lowest BCUT2D eigenvalue weighted by molar-refractivity contribution is -0.172. The molecule has 12 atom stereocenters. The zero-order valence-corrected chi connectivity index (χ0v) is 21.9. The van der Waals surface area contributed by atoms with Crippen LogP contribution in [0.15, 0.2) is 42.1 Å². The van der Waals surface area contributed by atoms with E-state index in [0.29, 0.717) is 5.69 Å². The molecule has 2 aliphatic heterocycles. The fourth-order valence-electron chi connectivity index (χ4n) is 7.14. The molecule has 3 N–H and O–H groups in total. The van der Waals surface area contributed by atoms with E-state index in [0.717, 1.165) is 5.57 Å². The van der Waals surface area contributed by atoms with Crippen molar-refractivity contribution < 1.29 is 38.7 Å². The number of aromatic amines is 1. The summed E-state index contributed by atoms with van der Waals surface area (Å²) >= 11 is 0. The Balaban J connectivity index is 1.58. The van der Waals surface area contributed by atoms with Crippen LogP contribution in [0.5, 0.6) is 0 Å². The molecule has 37 heavy (non-hydrogen) atoms. The lowest BCUT2D eigenvalue weighted by atomic mass is 9.57. The van der Waals surface area contributed by atoms with Crippen molar-refractivity contribution >= 4 is 11.9 Å². The number of methoxy groups -OCH3 is 1. The first kappa shape index (κ1) is 26.2. The predicted octanol–water partition coefficient (Wildman–Crippen LogP) is 2.40. The molecule has 0 aromatic carbocycles. The molecule has 9 nitrogen and oxygen atoms in total. The van der Waals surface area contributed by atoms with Crippen molar-refractivity contribution in [3.63, 3.8) is 0 Å². The quantitative estimate of drug-likeness (QED) is 0.412. The van der Waals surface area contributed by atoms with Crippen LogP contribution in [-0.4, -0.2) is 76.5 Å². The first-order chi connectivity index (χ1) is 17.6. The minimum Gasteiger partial charge on any atom is -0.457 e. The van der Waals surface area contributed by atoms with Gasteiger partial charge in [-0.15, -0.1) is 0 Å². The second-order valence-electron chi connectivity index (χ2n) is 11.1. The topological polar surface area (TPSA) is 127 Å². The second kappa shape index (κ2) is 9.69. The van der Waals surface area contributed by atoms with Gasteiger partial charge < -0.3 is 34.1 Å². The monoisotopic (exact) mass is 515 g/mol. The molecule has 1 spiro atoms. The number of hydrogen-bond donors (Lipinski definition) is 3. The summed E-state index contributed by atoms with van der Waals surface area (Å²) in [6.45, 7) is 7.35. The average Bonchev–Trinajstić information content (AvgIpc) is 3.46. The largest absolute Gasteiger partial charge is 0.457 e. The summed E-state index contributed by atoms with van der Waals surface area (Å²) in [5, 5.41) is 22.1. The fraction of sp³-hybridized carbons (Fsp3) is 0.643. The van der Waals surface area contributed by atoms with Crippen LogP contribution in [0.2, 0.25) is 0 Å². The number of esters is 2. The van der Waals surface area contributed by atoms with Crippen molar-refractivity contribution in [2.24, 2.45) is 29.6 Å². The molecule has 12 unspecified atom stereocenters. The Morgan fingerprint density at radius 2 is 2.05 bits per heavy atom. The fourth-order valence-corrected chi connectivity index (χ4v) is 7.14. The molecular weight excluding hydrogens is 478 g/mol. The molecule has 4 aliphatic rings.